The average Bonchev–Trinajstić information content (AvgIpc) is 3.78. The third-order valence-corrected chi connectivity index (χ3v) is 14.9. The number of carboxylic acid groups (broad SMARTS) is 2. The van der Waals surface area contributed by atoms with Gasteiger partial charge in [-0.2, -0.15) is 5.10 Å². The molecule has 4 fully saturated rings. The lowest BCUT2D eigenvalue weighted by Crippen LogP contribution is -2.60. The standard InChI is InChI=1S/C45H55N9O4S.C2H6/c1-28-30-10-8-18-53(39(30)51-50-38(28)49-41-47-33-11-6-7-12-34(33)59-41)35-14-13-31(37(48-35)40(57)58)32-20-46-54(29(32)2)27-45-24-42(3)21-43(4,25-45)23-44(22-42,26-45)16-9-17-52(5)19-15-36(55)56;1-2/h6-7,11-14,20H,8-10,15-19,21-27H2,1-5H3,(H,55,56)(H,57,58)(H,47,49,50);1-2H3. The number of pyridine rings is 1. The Kier molecular flexibility index (Phi) is 11.5. The van der Waals surface area contributed by atoms with Crippen molar-refractivity contribution in [3.8, 4) is 11.1 Å². The molecule has 3 N–H and O–H groups in total. The van der Waals surface area contributed by atoms with Crippen LogP contribution in [0.5, 0.6) is 0 Å². The van der Waals surface area contributed by atoms with E-state index in [9.17, 15) is 14.7 Å². The molecule has 0 amide bonds. The van der Waals surface area contributed by atoms with Gasteiger partial charge in [0.25, 0.3) is 0 Å². The summed E-state index contributed by atoms with van der Waals surface area (Å²) in [5.41, 5.74) is 6.25. The summed E-state index contributed by atoms with van der Waals surface area (Å²) in [4.78, 5) is 37.7. The SMILES string of the molecule is CC.Cc1c(Nc2nc3ccccc3s2)nnc2c1CCCN2c1ccc(-c2cnn(CC34CC5(C)CC(C)(CC(CCCN(C)CCC(=O)O)(C5)C3)C4)c2C)c(C(=O)O)n1. The third-order valence-electron chi connectivity index (χ3n) is 13.9. The minimum absolute atomic E-state index is 0.00169. The zero-order valence-electron chi connectivity index (χ0n) is 36.8. The molecule has 1 aromatic carbocycles. The highest BCUT2D eigenvalue weighted by molar-refractivity contribution is 7.22. The molecule has 5 aromatic rings. The van der Waals surface area contributed by atoms with Crippen molar-refractivity contribution in [1.29, 1.82) is 0 Å². The van der Waals surface area contributed by atoms with Gasteiger partial charge in [-0.1, -0.05) is 51.2 Å². The zero-order chi connectivity index (χ0) is 43.3. The van der Waals surface area contributed by atoms with E-state index in [1.807, 2.05) is 69.2 Å². The summed E-state index contributed by atoms with van der Waals surface area (Å²) in [5.74, 6) is 0.0678. The van der Waals surface area contributed by atoms with E-state index in [4.69, 9.17) is 20.2 Å². The van der Waals surface area contributed by atoms with E-state index in [0.29, 0.717) is 36.1 Å². The fourth-order valence-electron chi connectivity index (χ4n) is 12.9. The first kappa shape index (κ1) is 42.7. The highest BCUT2D eigenvalue weighted by Gasteiger charge is 2.65. The lowest BCUT2D eigenvalue weighted by atomic mass is 9.35. The molecule has 5 aliphatic rings. The number of fused-ring (bicyclic) bond motifs is 2. The highest BCUT2D eigenvalue weighted by Crippen LogP contribution is 2.75. The Morgan fingerprint density at radius 3 is 2.36 bits per heavy atom. The molecule has 1 aliphatic heterocycles. The molecule has 4 aromatic heterocycles. The van der Waals surface area contributed by atoms with Gasteiger partial charge in [-0.25, -0.2) is 14.8 Å². The van der Waals surface area contributed by atoms with Crippen molar-refractivity contribution in [2.75, 3.05) is 36.9 Å². The predicted octanol–water partition coefficient (Wildman–Crippen LogP) is 10.1. The van der Waals surface area contributed by atoms with E-state index in [1.54, 1.807) is 11.3 Å². The molecule has 14 heteroatoms. The fraction of sp³-hybridized carbons (Fsp3) is 0.553. The number of aromatic nitrogens is 6. The fourth-order valence-corrected chi connectivity index (χ4v) is 13.7. The number of rotatable bonds is 14. The largest absolute Gasteiger partial charge is 0.481 e. The first-order valence-electron chi connectivity index (χ1n) is 22.1. The topological polar surface area (TPSA) is 162 Å². The molecular formula is C47H61N9O4S. The first-order chi connectivity index (χ1) is 29.1. The van der Waals surface area contributed by atoms with Crippen LogP contribution in [0.1, 0.15) is 119 Å². The van der Waals surface area contributed by atoms with Gasteiger partial charge in [0.05, 0.1) is 22.8 Å². The van der Waals surface area contributed by atoms with Crippen LogP contribution in [0, 0.1) is 35.5 Å². The van der Waals surface area contributed by atoms with Crippen molar-refractivity contribution in [1.82, 2.24) is 34.8 Å². The Bertz CT molecular complexity index is 2410. The van der Waals surface area contributed by atoms with Gasteiger partial charge in [-0.3, -0.25) is 9.48 Å². The van der Waals surface area contributed by atoms with Crippen molar-refractivity contribution in [2.45, 2.75) is 119 Å². The number of nitrogens with zero attached hydrogens (tertiary/aromatic N) is 8. The minimum atomic E-state index is -1.08. The predicted molar refractivity (Wildman–Crippen MR) is 241 cm³/mol. The third kappa shape index (κ3) is 8.37. The van der Waals surface area contributed by atoms with Crippen LogP contribution in [0.3, 0.4) is 0 Å². The molecule has 0 saturated heterocycles. The lowest BCUT2D eigenvalue weighted by Gasteiger charge is -2.70. The second-order valence-corrected chi connectivity index (χ2v) is 20.3. The smallest absolute Gasteiger partial charge is 0.355 e. The van der Waals surface area contributed by atoms with Crippen LogP contribution in [-0.4, -0.2) is 83.7 Å². The molecule has 0 radical (unpaired) electrons. The van der Waals surface area contributed by atoms with Crippen molar-refractivity contribution in [3.05, 3.63) is 65.1 Å². The Hall–Kier alpha value is -4.95. The molecule has 4 aliphatic carbocycles. The molecule has 324 valence electrons. The molecule has 10 rings (SSSR count). The van der Waals surface area contributed by atoms with E-state index in [1.165, 1.54) is 38.5 Å². The minimum Gasteiger partial charge on any atom is -0.481 e. The van der Waals surface area contributed by atoms with Crippen molar-refractivity contribution < 1.29 is 19.8 Å². The number of hydrogen-bond donors (Lipinski definition) is 3. The first-order valence-corrected chi connectivity index (χ1v) is 22.9. The number of aromatic carboxylic acids is 1. The van der Waals surface area contributed by atoms with E-state index < -0.39 is 11.9 Å². The molecule has 2 atom stereocenters. The van der Waals surface area contributed by atoms with E-state index in [-0.39, 0.29) is 33.8 Å². The van der Waals surface area contributed by atoms with Gasteiger partial charge in [-0.15, -0.1) is 10.2 Å². The zero-order valence-corrected chi connectivity index (χ0v) is 37.7. The molecule has 13 nitrogen and oxygen atoms in total. The number of thiazole rings is 1. The molecule has 5 heterocycles. The van der Waals surface area contributed by atoms with Gasteiger partial charge < -0.3 is 25.3 Å². The molecule has 4 bridgehead atoms. The maximum Gasteiger partial charge on any atom is 0.355 e. The summed E-state index contributed by atoms with van der Waals surface area (Å²) in [6, 6.07) is 11.8. The van der Waals surface area contributed by atoms with Gasteiger partial charge in [-0.05, 0) is 138 Å². The van der Waals surface area contributed by atoms with Crippen molar-refractivity contribution in [2.24, 2.45) is 21.7 Å². The summed E-state index contributed by atoms with van der Waals surface area (Å²) in [6.07, 6.45) is 13.3. The Balaban J connectivity index is 0.00000253. The highest BCUT2D eigenvalue weighted by atomic mass is 32.1. The Labute approximate surface area is 363 Å². The van der Waals surface area contributed by atoms with Gasteiger partial charge in [0.1, 0.15) is 5.82 Å². The Morgan fingerprint density at radius 2 is 1.64 bits per heavy atom. The van der Waals surface area contributed by atoms with Crippen LogP contribution in [0.25, 0.3) is 21.3 Å². The van der Waals surface area contributed by atoms with E-state index in [0.717, 1.165) is 76.5 Å². The number of hydrogen-bond acceptors (Lipinski definition) is 11. The molecule has 2 unspecified atom stereocenters. The number of carboxylic acids is 2. The monoisotopic (exact) mass is 847 g/mol. The molecule has 0 spiro atoms. The van der Waals surface area contributed by atoms with Crippen LogP contribution in [-0.2, 0) is 17.8 Å². The van der Waals surface area contributed by atoms with Crippen LogP contribution < -0.4 is 10.2 Å². The maximum absolute atomic E-state index is 13.0. The van der Waals surface area contributed by atoms with Crippen LogP contribution in [0.2, 0.25) is 0 Å². The van der Waals surface area contributed by atoms with E-state index in [2.05, 4.69) is 51.9 Å². The quantitative estimate of drug-likeness (QED) is 0.0971. The second-order valence-electron chi connectivity index (χ2n) is 19.2. The van der Waals surface area contributed by atoms with E-state index >= 15 is 0 Å². The number of anilines is 4. The summed E-state index contributed by atoms with van der Waals surface area (Å²) in [5, 5.41) is 38.1. The number of para-hydroxylation sites is 1. The second kappa shape index (κ2) is 16.4. The number of aliphatic carboxylic acids is 1. The van der Waals surface area contributed by atoms with Gasteiger partial charge >= 0.3 is 11.9 Å². The summed E-state index contributed by atoms with van der Waals surface area (Å²) in [7, 11) is 2.03. The molecule has 4 saturated carbocycles. The Morgan fingerprint density at radius 1 is 0.902 bits per heavy atom. The van der Waals surface area contributed by atoms with Crippen LogP contribution in [0.4, 0.5) is 22.6 Å². The van der Waals surface area contributed by atoms with Gasteiger partial charge in [0, 0.05) is 47.6 Å². The van der Waals surface area contributed by atoms with Gasteiger partial charge in [0.2, 0.25) is 0 Å². The lowest BCUT2D eigenvalue weighted by molar-refractivity contribution is -0.198. The normalized spacial score (nSPS) is 25.1. The molecular weight excluding hydrogens is 787 g/mol. The van der Waals surface area contributed by atoms with Crippen LogP contribution in [0.15, 0.2) is 42.6 Å². The number of nitrogens with one attached hydrogen (secondary N) is 1. The summed E-state index contributed by atoms with van der Waals surface area (Å²) < 4.78 is 3.24. The van der Waals surface area contributed by atoms with Crippen LogP contribution >= 0.6 is 11.3 Å². The van der Waals surface area contributed by atoms with Crippen molar-refractivity contribution in [3.63, 3.8) is 0 Å². The summed E-state index contributed by atoms with van der Waals surface area (Å²) in [6.45, 7) is 16.1. The average molecular weight is 848 g/mol. The summed E-state index contributed by atoms with van der Waals surface area (Å²) >= 11 is 1.57. The number of carbonyl (C=O) groups is 2. The maximum atomic E-state index is 13.0. The number of benzene rings is 1. The van der Waals surface area contributed by atoms with Gasteiger partial charge in [0.15, 0.2) is 22.5 Å². The van der Waals surface area contributed by atoms with Crippen molar-refractivity contribution >= 4 is 56.1 Å². The molecule has 61 heavy (non-hydrogen) atoms.